The first kappa shape index (κ1) is 17.1. The van der Waals surface area contributed by atoms with E-state index in [9.17, 15) is 9.50 Å². The van der Waals surface area contributed by atoms with Gasteiger partial charge in [0.25, 0.3) is 0 Å². The van der Waals surface area contributed by atoms with Crippen molar-refractivity contribution >= 4 is 0 Å². The molecule has 0 amide bonds. The number of hydrogen-bond acceptors (Lipinski definition) is 3. The molecule has 128 valence electrons. The maximum Gasteiger partial charge on any atom is 0.128 e. The van der Waals surface area contributed by atoms with Gasteiger partial charge in [0.1, 0.15) is 5.82 Å². The molecule has 2 aromatic carbocycles. The molecule has 4 heteroatoms. The number of halogens is 1. The van der Waals surface area contributed by atoms with Gasteiger partial charge in [-0.3, -0.25) is 4.90 Å². The highest BCUT2D eigenvalue weighted by Gasteiger charge is 2.30. The van der Waals surface area contributed by atoms with Crippen LogP contribution in [0.5, 0.6) is 0 Å². The normalized spacial score (nSPS) is 15.6. The van der Waals surface area contributed by atoms with Crippen molar-refractivity contribution in [1.29, 1.82) is 0 Å². The van der Waals surface area contributed by atoms with Gasteiger partial charge in [-0.2, -0.15) is 0 Å². The van der Waals surface area contributed by atoms with E-state index in [-0.39, 0.29) is 19.0 Å². The SMILES string of the molecule is OC(COCc1ccccc1F)CN(Cc1ccccc1)C1CC1. The van der Waals surface area contributed by atoms with Crippen LogP contribution in [0, 0.1) is 5.82 Å². The lowest BCUT2D eigenvalue weighted by Crippen LogP contribution is -2.36. The van der Waals surface area contributed by atoms with E-state index in [0.717, 1.165) is 6.54 Å². The Morgan fingerprint density at radius 2 is 1.79 bits per heavy atom. The van der Waals surface area contributed by atoms with Crippen LogP contribution in [0.15, 0.2) is 54.6 Å². The van der Waals surface area contributed by atoms with Crippen LogP contribution in [0.4, 0.5) is 4.39 Å². The predicted octanol–water partition coefficient (Wildman–Crippen LogP) is 3.37. The monoisotopic (exact) mass is 329 g/mol. The molecule has 0 bridgehead atoms. The molecule has 0 aromatic heterocycles. The van der Waals surface area contributed by atoms with Gasteiger partial charge in [0.2, 0.25) is 0 Å². The van der Waals surface area contributed by atoms with Crippen LogP contribution in [-0.2, 0) is 17.9 Å². The number of aliphatic hydroxyl groups is 1. The van der Waals surface area contributed by atoms with Crippen LogP contribution in [-0.4, -0.2) is 35.3 Å². The summed E-state index contributed by atoms with van der Waals surface area (Å²) in [5.74, 6) is -0.268. The van der Waals surface area contributed by atoms with Gasteiger partial charge < -0.3 is 9.84 Å². The second kappa shape index (κ2) is 8.38. The minimum Gasteiger partial charge on any atom is -0.389 e. The summed E-state index contributed by atoms with van der Waals surface area (Å²) in [6, 6.07) is 17.4. The summed E-state index contributed by atoms with van der Waals surface area (Å²) in [5, 5.41) is 10.3. The third kappa shape index (κ3) is 5.13. The first-order valence-corrected chi connectivity index (χ1v) is 8.49. The predicted molar refractivity (Wildman–Crippen MR) is 91.9 cm³/mol. The Morgan fingerprint density at radius 3 is 2.50 bits per heavy atom. The van der Waals surface area contributed by atoms with Crippen LogP contribution >= 0.6 is 0 Å². The van der Waals surface area contributed by atoms with Gasteiger partial charge in [-0.05, 0) is 24.5 Å². The Kier molecular flexibility index (Phi) is 5.96. The summed E-state index contributed by atoms with van der Waals surface area (Å²) in [7, 11) is 0. The molecule has 0 heterocycles. The second-order valence-corrected chi connectivity index (χ2v) is 6.41. The Morgan fingerprint density at radius 1 is 1.08 bits per heavy atom. The fourth-order valence-electron chi connectivity index (χ4n) is 2.84. The maximum absolute atomic E-state index is 13.5. The van der Waals surface area contributed by atoms with Crippen LogP contribution in [0.1, 0.15) is 24.0 Å². The zero-order chi connectivity index (χ0) is 16.8. The van der Waals surface area contributed by atoms with Crippen molar-refractivity contribution in [1.82, 2.24) is 4.90 Å². The van der Waals surface area contributed by atoms with E-state index in [0.29, 0.717) is 18.2 Å². The zero-order valence-corrected chi connectivity index (χ0v) is 13.8. The Balaban J connectivity index is 1.45. The van der Waals surface area contributed by atoms with Gasteiger partial charge >= 0.3 is 0 Å². The number of aliphatic hydroxyl groups excluding tert-OH is 1. The molecule has 24 heavy (non-hydrogen) atoms. The molecule has 3 rings (SSSR count). The summed E-state index contributed by atoms with van der Waals surface area (Å²) in [5.41, 5.74) is 1.77. The zero-order valence-electron chi connectivity index (χ0n) is 13.8. The van der Waals surface area contributed by atoms with Crippen molar-refractivity contribution in [2.75, 3.05) is 13.2 Å². The van der Waals surface area contributed by atoms with Gasteiger partial charge in [0, 0.05) is 24.7 Å². The molecule has 3 nitrogen and oxygen atoms in total. The molecule has 1 unspecified atom stereocenters. The van der Waals surface area contributed by atoms with Gasteiger partial charge in [0.15, 0.2) is 0 Å². The molecule has 0 radical (unpaired) electrons. The highest BCUT2D eigenvalue weighted by Crippen LogP contribution is 2.28. The molecular weight excluding hydrogens is 305 g/mol. The molecular formula is C20H24FNO2. The van der Waals surface area contributed by atoms with Crippen molar-refractivity contribution in [3.8, 4) is 0 Å². The first-order valence-electron chi connectivity index (χ1n) is 8.49. The maximum atomic E-state index is 13.5. The molecule has 0 spiro atoms. The Labute approximate surface area is 142 Å². The van der Waals surface area contributed by atoms with E-state index in [1.807, 2.05) is 18.2 Å². The number of ether oxygens (including phenoxy) is 1. The summed E-state index contributed by atoms with van der Waals surface area (Å²) in [6.45, 7) is 1.82. The smallest absolute Gasteiger partial charge is 0.128 e. The lowest BCUT2D eigenvalue weighted by Gasteiger charge is -2.25. The van der Waals surface area contributed by atoms with Gasteiger partial charge in [0.05, 0.1) is 19.3 Å². The first-order chi connectivity index (χ1) is 11.7. The molecule has 1 N–H and O–H groups in total. The topological polar surface area (TPSA) is 32.7 Å². The third-order valence-electron chi connectivity index (χ3n) is 4.26. The van der Waals surface area contributed by atoms with Gasteiger partial charge in [-0.25, -0.2) is 4.39 Å². The van der Waals surface area contributed by atoms with Crippen molar-refractivity contribution < 1.29 is 14.2 Å². The quantitative estimate of drug-likeness (QED) is 0.766. The number of nitrogens with zero attached hydrogens (tertiary/aromatic N) is 1. The molecule has 1 atom stereocenters. The molecule has 0 saturated heterocycles. The lowest BCUT2D eigenvalue weighted by atomic mass is 10.2. The minimum atomic E-state index is -0.568. The molecule has 0 aliphatic heterocycles. The van der Waals surface area contributed by atoms with Crippen molar-refractivity contribution in [2.24, 2.45) is 0 Å². The largest absolute Gasteiger partial charge is 0.389 e. The van der Waals surface area contributed by atoms with Gasteiger partial charge in [-0.15, -0.1) is 0 Å². The van der Waals surface area contributed by atoms with Gasteiger partial charge in [-0.1, -0.05) is 48.5 Å². The lowest BCUT2D eigenvalue weighted by molar-refractivity contribution is 0.00633. The van der Waals surface area contributed by atoms with E-state index in [4.69, 9.17) is 4.74 Å². The van der Waals surface area contributed by atoms with Crippen LogP contribution < -0.4 is 0 Å². The average Bonchev–Trinajstić information content (AvgIpc) is 3.42. The summed E-state index contributed by atoms with van der Waals surface area (Å²) in [6.07, 6.45) is 1.81. The summed E-state index contributed by atoms with van der Waals surface area (Å²) < 4.78 is 19.0. The number of benzene rings is 2. The minimum absolute atomic E-state index is 0.186. The standard InChI is InChI=1S/C20H24FNO2/c21-20-9-5-4-8-17(20)14-24-15-19(23)13-22(18-10-11-18)12-16-6-2-1-3-7-16/h1-9,18-19,23H,10-15H2. The van der Waals surface area contributed by atoms with E-state index in [1.165, 1.54) is 24.5 Å². The summed E-state index contributed by atoms with van der Waals surface area (Å²) in [4.78, 5) is 2.31. The third-order valence-corrected chi connectivity index (χ3v) is 4.26. The number of rotatable bonds is 9. The average molecular weight is 329 g/mol. The Bertz CT molecular complexity index is 631. The van der Waals surface area contributed by atoms with Crippen molar-refractivity contribution in [2.45, 2.75) is 38.1 Å². The molecule has 1 aliphatic carbocycles. The highest BCUT2D eigenvalue weighted by molar-refractivity contribution is 5.16. The molecule has 1 saturated carbocycles. The van der Waals surface area contributed by atoms with Crippen molar-refractivity contribution in [3.63, 3.8) is 0 Å². The fourth-order valence-corrected chi connectivity index (χ4v) is 2.84. The number of hydrogen-bond donors (Lipinski definition) is 1. The summed E-state index contributed by atoms with van der Waals surface area (Å²) >= 11 is 0. The van der Waals surface area contributed by atoms with E-state index < -0.39 is 6.10 Å². The van der Waals surface area contributed by atoms with E-state index in [1.54, 1.807) is 18.2 Å². The van der Waals surface area contributed by atoms with Crippen LogP contribution in [0.2, 0.25) is 0 Å². The van der Waals surface area contributed by atoms with Crippen LogP contribution in [0.25, 0.3) is 0 Å². The van der Waals surface area contributed by atoms with Crippen LogP contribution in [0.3, 0.4) is 0 Å². The fraction of sp³-hybridized carbons (Fsp3) is 0.400. The van der Waals surface area contributed by atoms with E-state index >= 15 is 0 Å². The molecule has 2 aromatic rings. The van der Waals surface area contributed by atoms with E-state index in [2.05, 4.69) is 17.0 Å². The molecule has 1 aliphatic rings. The van der Waals surface area contributed by atoms with Crippen molar-refractivity contribution in [3.05, 3.63) is 71.5 Å². The molecule has 1 fully saturated rings. The Hall–Kier alpha value is -1.75. The highest BCUT2D eigenvalue weighted by atomic mass is 19.1. The second-order valence-electron chi connectivity index (χ2n) is 6.41.